The molecule has 222 valence electrons. The number of aliphatic hydroxyl groups is 1. The van der Waals surface area contributed by atoms with E-state index in [4.69, 9.17) is 18.6 Å². The lowest BCUT2D eigenvalue weighted by Gasteiger charge is -2.47. The fourth-order valence-corrected chi connectivity index (χ4v) is 7.54. The number of pyridine rings is 1. The molecule has 4 aliphatic rings. The van der Waals surface area contributed by atoms with Gasteiger partial charge in [0.25, 0.3) is 0 Å². The minimum atomic E-state index is -4.68. The molecule has 1 saturated carbocycles. The van der Waals surface area contributed by atoms with Crippen molar-refractivity contribution < 1.29 is 31.9 Å². The largest absolute Gasteiger partial charge is 0.417 e. The number of rotatable bonds is 6. The van der Waals surface area contributed by atoms with Crippen molar-refractivity contribution in [3.63, 3.8) is 0 Å². The summed E-state index contributed by atoms with van der Waals surface area (Å²) in [4.78, 5) is 5.32. The van der Waals surface area contributed by atoms with Gasteiger partial charge < -0.3 is 14.6 Å². The Hall–Kier alpha value is -2.68. The van der Waals surface area contributed by atoms with Crippen molar-refractivity contribution in [3.8, 4) is 6.07 Å². The summed E-state index contributed by atoms with van der Waals surface area (Å²) in [6, 6.07) is 4.99. The van der Waals surface area contributed by atoms with Gasteiger partial charge in [0.15, 0.2) is 12.0 Å². The fourth-order valence-electron chi connectivity index (χ4n) is 7.21. The number of hydrogen-bond acceptors (Lipinski definition) is 6. The monoisotopic (exact) mass is 599 g/mol. The Morgan fingerprint density at radius 1 is 1.19 bits per heavy atom. The van der Waals surface area contributed by atoms with E-state index in [0.29, 0.717) is 38.4 Å². The van der Waals surface area contributed by atoms with E-state index in [0.717, 1.165) is 90.4 Å². The summed E-state index contributed by atoms with van der Waals surface area (Å²) >= 11 is 1.07. The molecule has 1 aromatic heterocycles. The maximum atomic E-state index is 13.6. The molecule has 1 N–H and O–H groups in total. The van der Waals surface area contributed by atoms with E-state index in [2.05, 4.69) is 5.87 Å². The lowest BCUT2D eigenvalue weighted by molar-refractivity contribution is -0.137. The Balaban J connectivity index is 1.60. The number of ether oxygens (including phenoxy) is 2. The number of benzene rings is 1. The molecule has 10 heteroatoms. The van der Waals surface area contributed by atoms with Gasteiger partial charge in [-0.15, -0.1) is 0 Å². The second-order valence-electron chi connectivity index (χ2n) is 11.8. The summed E-state index contributed by atoms with van der Waals surface area (Å²) in [5.41, 5.74) is 3.96. The number of alkyl halides is 3. The molecule has 6 nitrogen and oxygen atoms in total. The minimum absolute atomic E-state index is 0.0126. The van der Waals surface area contributed by atoms with Gasteiger partial charge in [0.1, 0.15) is 6.10 Å². The molecular formula is C32H34F3N2O4S+. The zero-order valence-corrected chi connectivity index (χ0v) is 24.2. The number of fused-ring (bicyclic) bond motifs is 1. The fraction of sp³-hybridized carbons (Fsp3) is 0.531. The maximum absolute atomic E-state index is 13.6. The Bertz CT molecular complexity index is 1440. The molecule has 2 aromatic rings. The van der Waals surface area contributed by atoms with Crippen molar-refractivity contribution in [2.24, 2.45) is 5.41 Å². The number of halogens is 3. The predicted octanol–water partition coefficient (Wildman–Crippen LogP) is 6.36. The molecule has 1 spiro atoms. The second kappa shape index (κ2) is 11.8. The molecule has 2 aliphatic heterocycles. The van der Waals surface area contributed by atoms with Crippen LogP contribution in [0.1, 0.15) is 108 Å². The van der Waals surface area contributed by atoms with Crippen molar-refractivity contribution >= 4 is 23.1 Å². The van der Waals surface area contributed by atoms with Gasteiger partial charge in [-0.3, -0.25) is 4.98 Å². The lowest BCUT2D eigenvalue weighted by atomic mass is 9.59. The summed E-state index contributed by atoms with van der Waals surface area (Å²) in [6.45, 7) is 2.07. The van der Waals surface area contributed by atoms with Crippen molar-refractivity contribution in [1.29, 1.82) is 5.26 Å². The first kappa shape index (κ1) is 29.4. The average Bonchev–Trinajstić information content (AvgIpc) is 2.99. The van der Waals surface area contributed by atoms with Gasteiger partial charge in [0.2, 0.25) is 0 Å². The Morgan fingerprint density at radius 3 is 2.60 bits per heavy atom. The number of aromatic nitrogens is 1. The van der Waals surface area contributed by atoms with Crippen LogP contribution in [0.5, 0.6) is 0 Å². The summed E-state index contributed by atoms with van der Waals surface area (Å²) in [7, 11) is 0. The van der Waals surface area contributed by atoms with Crippen LogP contribution in [-0.4, -0.2) is 42.4 Å². The molecular weight excluding hydrogens is 565 g/mol. The average molecular weight is 600 g/mol. The van der Waals surface area contributed by atoms with Crippen LogP contribution in [0.4, 0.5) is 13.2 Å². The highest BCUT2D eigenvalue weighted by Gasteiger charge is 2.48. The highest BCUT2D eigenvalue weighted by molar-refractivity contribution is 7.71. The van der Waals surface area contributed by atoms with Crippen LogP contribution in [0.2, 0.25) is 0 Å². The number of nitriles is 1. The van der Waals surface area contributed by atoms with Crippen molar-refractivity contribution in [2.45, 2.75) is 75.7 Å². The third-order valence-electron chi connectivity index (χ3n) is 9.41. The summed E-state index contributed by atoms with van der Waals surface area (Å²) in [5.74, 6) is 3.90. The molecule has 1 unspecified atom stereocenters. The smallest absolute Gasteiger partial charge is 0.384 e. The molecule has 42 heavy (non-hydrogen) atoms. The first-order valence-corrected chi connectivity index (χ1v) is 15.4. The standard InChI is InChI=1S/C32H34F3N2O4S/c1-42-41-25-17-31(9-2-10-31)16-24-27(25)26(19-5-11-39-12-6-19)28(29(37-24)20-7-13-40-14-8-20)30(38)21-3-4-23(32(33,34)35)22(15-21)18-36/h3-5,15,20,25,30,38H,1-2,6-14,16-17H2/q+1/t25?,30-/m0/s1. The third-order valence-corrected chi connectivity index (χ3v) is 9.78. The van der Waals surface area contributed by atoms with Crippen LogP contribution < -0.4 is 0 Å². The van der Waals surface area contributed by atoms with Crippen molar-refractivity contribution in [1.82, 2.24) is 4.98 Å². The molecule has 0 amide bonds. The molecule has 1 saturated heterocycles. The van der Waals surface area contributed by atoms with Gasteiger partial charge in [-0.25, -0.2) is 0 Å². The minimum Gasteiger partial charge on any atom is -0.384 e. The molecule has 0 bridgehead atoms. The summed E-state index contributed by atoms with van der Waals surface area (Å²) < 4.78 is 58.4. The molecule has 3 heterocycles. The molecule has 2 aliphatic carbocycles. The van der Waals surface area contributed by atoms with E-state index in [1.807, 2.05) is 6.08 Å². The maximum Gasteiger partial charge on any atom is 0.417 e. The second-order valence-corrected chi connectivity index (χ2v) is 12.3. The number of hydrogen-bond donors (Lipinski definition) is 1. The first-order chi connectivity index (χ1) is 20.2. The van der Waals surface area contributed by atoms with Crippen molar-refractivity contribution in [2.75, 3.05) is 26.4 Å². The third kappa shape index (κ3) is 5.42. The van der Waals surface area contributed by atoms with Crippen LogP contribution in [0.15, 0.2) is 24.3 Å². The zero-order valence-electron chi connectivity index (χ0n) is 23.3. The molecule has 2 atom stereocenters. The first-order valence-electron chi connectivity index (χ1n) is 14.5. The molecule has 2 fully saturated rings. The Kier molecular flexibility index (Phi) is 8.24. The highest BCUT2D eigenvalue weighted by atomic mass is 32.2. The van der Waals surface area contributed by atoms with Crippen LogP contribution in [0.25, 0.3) is 5.57 Å². The van der Waals surface area contributed by atoms with Gasteiger partial charge in [-0.05, 0) is 79.2 Å². The molecule has 1 aromatic carbocycles. The van der Waals surface area contributed by atoms with E-state index >= 15 is 0 Å². The van der Waals surface area contributed by atoms with Crippen molar-refractivity contribution in [3.05, 3.63) is 69.0 Å². The van der Waals surface area contributed by atoms with E-state index in [-0.39, 0.29) is 23.0 Å². The van der Waals surface area contributed by atoms with Gasteiger partial charge in [-0.1, -0.05) is 22.7 Å². The van der Waals surface area contributed by atoms with Crippen LogP contribution in [-0.2, 0) is 37.9 Å². The topological polar surface area (TPSA) is 84.6 Å². The van der Waals surface area contributed by atoms with E-state index < -0.39 is 23.4 Å². The Labute approximate surface area is 247 Å². The Morgan fingerprint density at radius 2 is 1.98 bits per heavy atom. The van der Waals surface area contributed by atoms with Gasteiger partial charge in [0, 0.05) is 36.0 Å². The van der Waals surface area contributed by atoms with Crippen LogP contribution >= 0.6 is 0 Å². The van der Waals surface area contributed by atoms with Gasteiger partial charge in [0.05, 0.1) is 36.1 Å². The number of nitrogens with zero attached hydrogens (tertiary/aromatic N) is 2. The summed E-state index contributed by atoms with van der Waals surface area (Å²) in [6.07, 6.45) is 2.87. The van der Waals surface area contributed by atoms with Gasteiger partial charge in [-0.2, -0.15) is 18.4 Å². The van der Waals surface area contributed by atoms with Crippen LogP contribution in [0.3, 0.4) is 0 Å². The quantitative estimate of drug-likeness (QED) is 0.237. The highest BCUT2D eigenvalue weighted by Crippen LogP contribution is 2.56. The normalized spacial score (nSPS) is 22.9. The summed E-state index contributed by atoms with van der Waals surface area (Å²) in [5, 5.41) is 21.7. The lowest BCUT2D eigenvalue weighted by Crippen LogP contribution is -2.39. The predicted molar refractivity (Wildman–Crippen MR) is 154 cm³/mol. The van der Waals surface area contributed by atoms with E-state index in [1.54, 1.807) is 6.07 Å². The van der Waals surface area contributed by atoms with Gasteiger partial charge >= 0.3 is 17.8 Å². The SMILES string of the molecule is C=[S+]OC1CC2(CCC2)Cc2nc(C3CCOCC3)c([C@@H](O)c3ccc(C(F)(F)F)c(C#N)c3)c(C3=CCOCC3)c21. The van der Waals surface area contributed by atoms with E-state index in [1.165, 1.54) is 12.5 Å². The zero-order chi connectivity index (χ0) is 29.5. The molecule has 0 radical (unpaired) electrons. The number of aliphatic hydroxyl groups excluding tert-OH is 1. The van der Waals surface area contributed by atoms with Crippen LogP contribution in [0, 0.1) is 16.7 Å². The molecule has 6 rings (SSSR count). The van der Waals surface area contributed by atoms with E-state index in [9.17, 15) is 23.5 Å².